The lowest BCUT2D eigenvalue weighted by molar-refractivity contribution is 0.195. The summed E-state index contributed by atoms with van der Waals surface area (Å²) in [6.07, 6.45) is -0.626. The minimum atomic E-state index is -0.626. The lowest BCUT2D eigenvalue weighted by atomic mass is 10.1. The molecule has 0 saturated carbocycles. The fourth-order valence-electron chi connectivity index (χ4n) is 1.61. The van der Waals surface area contributed by atoms with Gasteiger partial charge in [0.25, 0.3) is 0 Å². The molecule has 1 unspecified atom stereocenters. The zero-order valence-corrected chi connectivity index (χ0v) is 14.0. The number of aliphatic hydroxyl groups is 1. The minimum Gasteiger partial charge on any atom is -0.455 e. The highest BCUT2D eigenvalue weighted by molar-refractivity contribution is 9.10. The van der Waals surface area contributed by atoms with Crippen LogP contribution in [0.25, 0.3) is 0 Å². The SMILES string of the molecule is CC(O)c1cc(Br)ccc1Oc1cc(Br)ccc1Cl. The van der Waals surface area contributed by atoms with Crippen LogP contribution in [0.5, 0.6) is 11.5 Å². The lowest BCUT2D eigenvalue weighted by Crippen LogP contribution is -1.96. The van der Waals surface area contributed by atoms with Crippen LogP contribution in [0.2, 0.25) is 5.02 Å². The summed E-state index contributed by atoms with van der Waals surface area (Å²) in [6, 6.07) is 10.9. The molecule has 0 aliphatic heterocycles. The van der Waals surface area contributed by atoms with Crippen LogP contribution in [0, 0.1) is 0 Å². The fourth-order valence-corrected chi connectivity index (χ4v) is 2.49. The van der Waals surface area contributed by atoms with Crippen LogP contribution in [0.1, 0.15) is 18.6 Å². The van der Waals surface area contributed by atoms with Gasteiger partial charge in [-0.1, -0.05) is 43.5 Å². The van der Waals surface area contributed by atoms with E-state index in [0.717, 1.165) is 8.95 Å². The molecule has 2 nitrogen and oxygen atoms in total. The number of ether oxygens (including phenoxy) is 1. The molecule has 1 atom stereocenters. The Bertz CT molecular complexity index is 600. The molecule has 0 bridgehead atoms. The summed E-state index contributed by atoms with van der Waals surface area (Å²) in [5, 5.41) is 10.3. The first kappa shape index (κ1) is 14.9. The zero-order valence-electron chi connectivity index (χ0n) is 10.0. The molecule has 0 heterocycles. The molecule has 19 heavy (non-hydrogen) atoms. The van der Waals surface area contributed by atoms with Gasteiger partial charge in [-0.2, -0.15) is 0 Å². The Labute approximate surface area is 133 Å². The van der Waals surface area contributed by atoms with E-state index in [0.29, 0.717) is 22.1 Å². The molecule has 0 amide bonds. The number of rotatable bonds is 3. The number of aliphatic hydroxyl groups excluding tert-OH is 1. The molecule has 2 rings (SSSR count). The van der Waals surface area contributed by atoms with E-state index in [1.165, 1.54) is 0 Å². The van der Waals surface area contributed by atoms with Gasteiger partial charge in [-0.05, 0) is 43.3 Å². The van der Waals surface area contributed by atoms with Gasteiger partial charge in [-0.15, -0.1) is 0 Å². The number of hydrogen-bond acceptors (Lipinski definition) is 2. The van der Waals surface area contributed by atoms with Crippen molar-refractivity contribution < 1.29 is 9.84 Å². The summed E-state index contributed by atoms with van der Waals surface area (Å²) in [5.74, 6) is 1.12. The quantitative estimate of drug-likeness (QED) is 0.707. The van der Waals surface area contributed by atoms with Gasteiger partial charge in [0.05, 0.1) is 11.1 Å². The van der Waals surface area contributed by atoms with Crippen LogP contribution >= 0.6 is 43.5 Å². The van der Waals surface area contributed by atoms with Crippen LogP contribution in [0.15, 0.2) is 45.3 Å². The van der Waals surface area contributed by atoms with E-state index in [1.807, 2.05) is 18.2 Å². The smallest absolute Gasteiger partial charge is 0.147 e. The monoisotopic (exact) mass is 404 g/mol. The van der Waals surface area contributed by atoms with E-state index in [9.17, 15) is 5.11 Å². The molecule has 5 heteroatoms. The molecule has 0 saturated heterocycles. The summed E-state index contributed by atoms with van der Waals surface area (Å²) in [7, 11) is 0. The van der Waals surface area contributed by atoms with Crippen LogP contribution in [0.4, 0.5) is 0 Å². The fraction of sp³-hybridized carbons (Fsp3) is 0.143. The Morgan fingerprint density at radius 3 is 2.37 bits per heavy atom. The van der Waals surface area contributed by atoms with Crippen molar-refractivity contribution in [2.45, 2.75) is 13.0 Å². The number of halogens is 3. The van der Waals surface area contributed by atoms with Gasteiger partial charge in [0, 0.05) is 14.5 Å². The van der Waals surface area contributed by atoms with Crippen molar-refractivity contribution in [3.05, 3.63) is 55.9 Å². The molecule has 0 aliphatic carbocycles. The van der Waals surface area contributed by atoms with Gasteiger partial charge in [-0.25, -0.2) is 0 Å². The molecule has 2 aromatic rings. The van der Waals surface area contributed by atoms with E-state index < -0.39 is 6.10 Å². The Hall–Kier alpha value is -0.550. The average Bonchev–Trinajstić information content (AvgIpc) is 2.35. The predicted molar refractivity (Wildman–Crippen MR) is 84.0 cm³/mol. The van der Waals surface area contributed by atoms with Gasteiger partial charge in [0.2, 0.25) is 0 Å². The molecule has 0 fully saturated rings. The van der Waals surface area contributed by atoms with E-state index in [-0.39, 0.29) is 0 Å². The Kier molecular flexibility index (Phi) is 4.90. The highest BCUT2D eigenvalue weighted by Gasteiger charge is 2.12. The molecule has 2 aromatic carbocycles. The van der Waals surface area contributed by atoms with Gasteiger partial charge in [0.1, 0.15) is 11.5 Å². The van der Waals surface area contributed by atoms with Crippen molar-refractivity contribution >= 4 is 43.5 Å². The van der Waals surface area contributed by atoms with Crippen molar-refractivity contribution in [2.75, 3.05) is 0 Å². The minimum absolute atomic E-state index is 0.516. The van der Waals surface area contributed by atoms with Crippen molar-refractivity contribution in [3.63, 3.8) is 0 Å². The molecule has 100 valence electrons. The third-order valence-corrected chi connectivity index (χ3v) is 3.83. The maximum absolute atomic E-state index is 9.79. The molecular weight excluding hydrogens is 395 g/mol. The molecule has 0 radical (unpaired) electrons. The standard InChI is InChI=1S/C14H11Br2ClO2/c1-8(18)11-6-9(15)3-5-13(11)19-14-7-10(16)2-4-12(14)17/h2-8,18H,1H3. The Balaban J connectivity index is 2.40. The highest BCUT2D eigenvalue weighted by atomic mass is 79.9. The van der Waals surface area contributed by atoms with Crippen LogP contribution < -0.4 is 4.74 Å². The Morgan fingerprint density at radius 2 is 1.68 bits per heavy atom. The first-order chi connectivity index (χ1) is 8.97. The zero-order chi connectivity index (χ0) is 14.0. The van der Waals surface area contributed by atoms with E-state index in [1.54, 1.807) is 25.1 Å². The summed E-state index contributed by atoms with van der Waals surface area (Å²) in [6.45, 7) is 1.69. The van der Waals surface area contributed by atoms with Crippen molar-refractivity contribution in [3.8, 4) is 11.5 Å². The van der Waals surface area contributed by atoms with Gasteiger partial charge < -0.3 is 9.84 Å². The molecular formula is C14H11Br2ClO2. The van der Waals surface area contributed by atoms with Gasteiger partial charge >= 0.3 is 0 Å². The summed E-state index contributed by atoms with van der Waals surface area (Å²) in [4.78, 5) is 0. The van der Waals surface area contributed by atoms with Crippen molar-refractivity contribution in [1.82, 2.24) is 0 Å². The maximum Gasteiger partial charge on any atom is 0.147 e. The van der Waals surface area contributed by atoms with Gasteiger partial charge in [0.15, 0.2) is 0 Å². The molecule has 0 aliphatic rings. The van der Waals surface area contributed by atoms with Crippen LogP contribution in [-0.2, 0) is 0 Å². The first-order valence-electron chi connectivity index (χ1n) is 5.58. The highest BCUT2D eigenvalue weighted by Crippen LogP contribution is 2.36. The van der Waals surface area contributed by atoms with E-state index in [2.05, 4.69) is 31.9 Å². The number of benzene rings is 2. The van der Waals surface area contributed by atoms with Gasteiger partial charge in [-0.3, -0.25) is 0 Å². The normalized spacial score (nSPS) is 12.3. The van der Waals surface area contributed by atoms with Crippen molar-refractivity contribution in [1.29, 1.82) is 0 Å². The first-order valence-corrected chi connectivity index (χ1v) is 7.54. The maximum atomic E-state index is 9.79. The molecule has 0 spiro atoms. The van der Waals surface area contributed by atoms with Crippen LogP contribution in [-0.4, -0.2) is 5.11 Å². The second-order valence-corrected chi connectivity index (χ2v) is 6.27. The summed E-state index contributed by atoms with van der Waals surface area (Å²) < 4.78 is 7.56. The summed E-state index contributed by atoms with van der Waals surface area (Å²) >= 11 is 12.8. The average molecular weight is 407 g/mol. The Morgan fingerprint density at radius 1 is 1.05 bits per heavy atom. The second kappa shape index (κ2) is 6.27. The summed E-state index contributed by atoms with van der Waals surface area (Å²) in [5.41, 5.74) is 0.699. The predicted octanol–water partition coefficient (Wildman–Crippen LogP) is 5.71. The second-order valence-electron chi connectivity index (χ2n) is 4.03. The third kappa shape index (κ3) is 3.72. The topological polar surface area (TPSA) is 29.5 Å². The van der Waals surface area contributed by atoms with Crippen LogP contribution in [0.3, 0.4) is 0 Å². The number of hydrogen-bond donors (Lipinski definition) is 1. The third-order valence-electron chi connectivity index (χ3n) is 2.54. The van der Waals surface area contributed by atoms with E-state index in [4.69, 9.17) is 16.3 Å². The van der Waals surface area contributed by atoms with E-state index >= 15 is 0 Å². The largest absolute Gasteiger partial charge is 0.455 e. The van der Waals surface area contributed by atoms with Crippen molar-refractivity contribution in [2.24, 2.45) is 0 Å². The molecule has 0 aromatic heterocycles. The molecule has 1 N–H and O–H groups in total. The lowest BCUT2D eigenvalue weighted by Gasteiger charge is -2.14.